The van der Waals surface area contributed by atoms with Crippen LogP contribution in [0.4, 0.5) is 4.79 Å². The fourth-order valence-corrected chi connectivity index (χ4v) is 3.90. The number of nitrogens with one attached hydrogen (secondary N) is 2. The van der Waals surface area contributed by atoms with Gasteiger partial charge in [-0.05, 0) is 63.2 Å². The van der Waals surface area contributed by atoms with Gasteiger partial charge >= 0.3 is 6.03 Å². The molecule has 1 aromatic rings. The van der Waals surface area contributed by atoms with Crippen molar-refractivity contribution in [3.05, 3.63) is 41.7 Å². The number of rotatable bonds is 6. The zero-order chi connectivity index (χ0) is 16.8. The van der Waals surface area contributed by atoms with E-state index in [1.54, 1.807) is 6.20 Å². The minimum atomic E-state index is -0.0481. The lowest BCUT2D eigenvalue weighted by molar-refractivity contribution is 0.233. The molecule has 2 amide bonds. The number of urea groups is 1. The van der Waals surface area contributed by atoms with Gasteiger partial charge in [0.15, 0.2) is 0 Å². The molecule has 5 nitrogen and oxygen atoms in total. The predicted octanol–water partition coefficient (Wildman–Crippen LogP) is 2.87. The Balaban J connectivity index is 1.44. The van der Waals surface area contributed by atoms with E-state index in [0.29, 0.717) is 18.5 Å². The summed E-state index contributed by atoms with van der Waals surface area (Å²) in [6.07, 6.45) is 11.8. The molecule has 1 aliphatic heterocycles. The molecule has 5 heteroatoms. The van der Waals surface area contributed by atoms with Crippen LogP contribution in [0, 0.1) is 5.92 Å². The lowest BCUT2D eigenvalue weighted by atomic mass is 9.95. The second kappa shape index (κ2) is 8.29. The molecule has 0 radical (unpaired) electrons. The largest absolute Gasteiger partial charge is 0.338 e. The maximum atomic E-state index is 12.0. The molecule has 0 aromatic carbocycles. The summed E-state index contributed by atoms with van der Waals surface area (Å²) in [7, 11) is 2.15. The highest BCUT2D eigenvalue weighted by atomic mass is 16.2. The Kier molecular flexibility index (Phi) is 5.86. The average Bonchev–Trinajstić information content (AvgIpc) is 3.23. The second-order valence-electron chi connectivity index (χ2n) is 6.90. The Labute approximate surface area is 144 Å². The van der Waals surface area contributed by atoms with E-state index in [1.165, 1.54) is 30.4 Å². The highest BCUT2D eigenvalue weighted by Crippen LogP contribution is 2.35. The normalized spacial score (nSPS) is 24.0. The quantitative estimate of drug-likeness (QED) is 0.790. The summed E-state index contributed by atoms with van der Waals surface area (Å²) >= 11 is 0. The van der Waals surface area contributed by atoms with Gasteiger partial charge in [-0.2, -0.15) is 0 Å². The van der Waals surface area contributed by atoms with Crippen LogP contribution in [0.5, 0.6) is 0 Å². The summed E-state index contributed by atoms with van der Waals surface area (Å²) in [6.45, 7) is 2.49. The molecule has 2 N–H and O–H groups in total. The summed E-state index contributed by atoms with van der Waals surface area (Å²) in [5.74, 6) is 0.433. The van der Waals surface area contributed by atoms with Crippen LogP contribution in [0.3, 0.4) is 0 Å². The van der Waals surface area contributed by atoms with Crippen molar-refractivity contribution in [1.82, 2.24) is 20.5 Å². The lowest BCUT2D eigenvalue weighted by Crippen LogP contribution is -2.39. The van der Waals surface area contributed by atoms with Crippen molar-refractivity contribution in [2.24, 2.45) is 5.92 Å². The number of amides is 2. The highest BCUT2D eigenvalue weighted by Gasteiger charge is 2.33. The van der Waals surface area contributed by atoms with Gasteiger partial charge in [-0.15, -0.1) is 0 Å². The first-order valence-electron chi connectivity index (χ1n) is 9.04. The number of aromatic nitrogens is 1. The first-order chi connectivity index (χ1) is 11.7. The van der Waals surface area contributed by atoms with Crippen molar-refractivity contribution >= 4 is 6.03 Å². The summed E-state index contributed by atoms with van der Waals surface area (Å²) < 4.78 is 0. The van der Waals surface area contributed by atoms with Crippen molar-refractivity contribution in [1.29, 1.82) is 0 Å². The van der Waals surface area contributed by atoms with E-state index in [2.05, 4.69) is 39.7 Å². The van der Waals surface area contributed by atoms with E-state index in [4.69, 9.17) is 0 Å². The molecule has 1 aliphatic carbocycles. The number of likely N-dealkylation sites (tertiary alicyclic amines) is 1. The fourth-order valence-electron chi connectivity index (χ4n) is 3.90. The van der Waals surface area contributed by atoms with Gasteiger partial charge < -0.3 is 10.6 Å². The first kappa shape index (κ1) is 17.0. The van der Waals surface area contributed by atoms with Gasteiger partial charge in [0.05, 0.1) is 0 Å². The number of carbonyl (C=O) groups is 1. The third kappa shape index (κ3) is 4.35. The van der Waals surface area contributed by atoms with Gasteiger partial charge in [-0.1, -0.05) is 17.7 Å². The minimum Gasteiger partial charge on any atom is -0.338 e. The Hall–Kier alpha value is -1.88. The van der Waals surface area contributed by atoms with Crippen molar-refractivity contribution < 1.29 is 4.79 Å². The monoisotopic (exact) mass is 328 g/mol. The summed E-state index contributed by atoms with van der Waals surface area (Å²) in [6, 6.07) is 4.40. The van der Waals surface area contributed by atoms with Crippen LogP contribution in [-0.4, -0.2) is 42.6 Å². The van der Waals surface area contributed by atoms with Gasteiger partial charge in [0.1, 0.15) is 0 Å². The van der Waals surface area contributed by atoms with Crippen molar-refractivity contribution in [2.45, 2.75) is 38.1 Å². The van der Waals surface area contributed by atoms with E-state index in [9.17, 15) is 4.79 Å². The molecule has 1 aromatic heterocycles. The van der Waals surface area contributed by atoms with E-state index in [-0.39, 0.29) is 6.03 Å². The van der Waals surface area contributed by atoms with Crippen LogP contribution < -0.4 is 10.6 Å². The number of hydrogen-bond donors (Lipinski definition) is 2. The van der Waals surface area contributed by atoms with Crippen molar-refractivity contribution in [3.63, 3.8) is 0 Å². The molecule has 1 fully saturated rings. The van der Waals surface area contributed by atoms with E-state index < -0.39 is 0 Å². The average molecular weight is 328 g/mol. The van der Waals surface area contributed by atoms with Crippen LogP contribution in [0.25, 0.3) is 0 Å². The number of nitrogens with zero attached hydrogens (tertiary/aromatic N) is 2. The van der Waals surface area contributed by atoms with E-state index >= 15 is 0 Å². The molecular formula is C19H28N4O. The third-order valence-corrected chi connectivity index (χ3v) is 5.19. The topological polar surface area (TPSA) is 57.3 Å². The molecule has 0 spiro atoms. The second-order valence-corrected chi connectivity index (χ2v) is 6.90. The van der Waals surface area contributed by atoms with Crippen LogP contribution in [0.2, 0.25) is 0 Å². The molecule has 24 heavy (non-hydrogen) atoms. The summed E-state index contributed by atoms with van der Waals surface area (Å²) in [5, 5.41) is 6.04. The van der Waals surface area contributed by atoms with Gasteiger partial charge in [0.25, 0.3) is 0 Å². The SMILES string of the molecule is CN1CC[C@@H](CNC(=O)NCCC2=CCCC2)[C@@H]1c1cccnc1. The van der Waals surface area contributed by atoms with Crippen LogP contribution >= 0.6 is 0 Å². The molecule has 2 aliphatic rings. The molecule has 0 bridgehead atoms. The Morgan fingerprint density at radius 3 is 3.08 bits per heavy atom. The van der Waals surface area contributed by atoms with Gasteiger partial charge in [-0.25, -0.2) is 4.79 Å². The van der Waals surface area contributed by atoms with E-state index in [1.807, 2.05) is 12.3 Å². The number of pyridine rings is 1. The minimum absolute atomic E-state index is 0.0481. The third-order valence-electron chi connectivity index (χ3n) is 5.19. The molecule has 130 valence electrons. The number of hydrogen-bond acceptors (Lipinski definition) is 3. The summed E-state index contributed by atoms with van der Waals surface area (Å²) in [4.78, 5) is 18.6. The van der Waals surface area contributed by atoms with E-state index in [0.717, 1.165) is 25.9 Å². The van der Waals surface area contributed by atoms with Gasteiger partial charge in [0, 0.05) is 31.5 Å². The molecule has 3 rings (SSSR count). The standard InChI is InChI=1S/C19H28N4O/c1-23-12-9-17(18(23)16-7-4-10-20-13-16)14-22-19(24)21-11-8-15-5-2-3-6-15/h4-5,7,10,13,17-18H,2-3,6,8-9,11-12,14H2,1H3,(H2,21,22,24)/t17-,18-/m0/s1. The van der Waals surface area contributed by atoms with Crippen molar-refractivity contribution in [3.8, 4) is 0 Å². The molecule has 0 unspecified atom stereocenters. The lowest BCUT2D eigenvalue weighted by Gasteiger charge is -2.25. The Morgan fingerprint density at radius 2 is 2.33 bits per heavy atom. The number of carbonyl (C=O) groups excluding carboxylic acids is 1. The Morgan fingerprint density at radius 1 is 1.42 bits per heavy atom. The van der Waals surface area contributed by atoms with Crippen molar-refractivity contribution in [2.75, 3.05) is 26.7 Å². The highest BCUT2D eigenvalue weighted by molar-refractivity contribution is 5.73. The van der Waals surface area contributed by atoms with Crippen LogP contribution in [0.1, 0.15) is 43.7 Å². The molecule has 1 saturated heterocycles. The fraction of sp³-hybridized carbons (Fsp3) is 0.579. The summed E-state index contributed by atoms with van der Waals surface area (Å²) in [5.41, 5.74) is 2.72. The molecule has 2 heterocycles. The zero-order valence-corrected chi connectivity index (χ0v) is 14.5. The maximum absolute atomic E-state index is 12.0. The van der Waals surface area contributed by atoms with Gasteiger partial charge in [0.2, 0.25) is 0 Å². The molecule has 2 atom stereocenters. The maximum Gasteiger partial charge on any atom is 0.314 e. The number of allylic oxidation sites excluding steroid dienone is 1. The molecular weight excluding hydrogens is 300 g/mol. The van der Waals surface area contributed by atoms with Gasteiger partial charge in [-0.3, -0.25) is 9.88 Å². The van der Waals surface area contributed by atoms with Crippen LogP contribution in [0.15, 0.2) is 36.2 Å². The van der Waals surface area contributed by atoms with Crippen LogP contribution in [-0.2, 0) is 0 Å². The Bertz CT molecular complexity index is 572. The smallest absolute Gasteiger partial charge is 0.314 e. The zero-order valence-electron chi connectivity index (χ0n) is 14.5. The molecule has 0 saturated carbocycles. The predicted molar refractivity (Wildman–Crippen MR) is 95.7 cm³/mol. The first-order valence-corrected chi connectivity index (χ1v) is 9.04.